The van der Waals surface area contributed by atoms with Gasteiger partial charge in [0.05, 0.1) is 11.6 Å². The summed E-state index contributed by atoms with van der Waals surface area (Å²) in [6, 6.07) is 7.30. The molecule has 0 saturated heterocycles. The zero-order valence-corrected chi connectivity index (χ0v) is 16.2. The topological polar surface area (TPSA) is 69.9 Å². The van der Waals surface area contributed by atoms with Crippen LogP contribution in [0.4, 0.5) is 0 Å². The molecule has 1 saturated carbocycles. The van der Waals surface area contributed by atoms with Crippen molar-refractivity contribution < 1.29 is 9.53 Å². The van der Waals surface area contributed by atoms with E-state index in [2.05, 4.69) is 15.4 Å². The number of benzene rings is 1. The lowest BCUT2D eigenvalue weighted by atomic mass is 9.87. The van der Waals surface area contributed by atoms with Crippen molar-refractivity contribution in [3.8, 4) is 5.69 Å². The first-order chi connectivity index (χ1) is 12.3. The normalized spacial score (nSPS) is 21.2. The number of carbonyl (C=O) groups excluding carboxylic acids is 1. The number of hydrogen-bond acceptors (Lipinski definition) is 5. The Morgan fingerprint density at radius 2 is 2.00 bits per heavy atom. The van der Waals surface area contributed by atoms with Gasteiger partial charge in [0, 0.05) is 10.9 Å². The third-order valence-electron chi connectivity index (χ3n) is 4.53. The summed E-state index contributed by atoms with van der Waals surface area (Å²) in [6.07, 6.45) is 4.84. The van der Waals surface area contributed by atoms with E-state index in [0.29, 0.717) is 10.8 Å². The fourth-order valence-electron chi connectivity index (χ4n) is 3.36. The Morgan fingerprint density at radius 1 is 1.23 bits per heavy atom. The minimum atomic E-state index is -0.500. The molecule has 0 amide bonds. The van der Waals surface area contributed by atoms with Gasteiger partial charge in [0.1, 0.15) is 5.60 Å². The van der Waals surface area contributed by atoms with Gasteiger partial charge >= 0.3 is 5.97 Å². The standard InChI is InChI=1S/C19H25ClN4O2/c1-19(2,3)26-18(25)16-11-6-4-5-10-15(16)17-21-23-24(22-17)14-9-7-8-13(20)12-14/h7-9,12,15-16H,4-6,10-11H2,1-3H3/t15-,16?/m0/s1. The molecule has 1 fully saturated rings. The summed E-state index contributed by atoms with van der Waals surface area (Å²) in [5.74, 6) is 0.139. The summed E-state index contributed by atoms with van der Waals surface area (Å²) in [6.45, 7) is 5.68. The van der Waals surface area contributed by atoms with Crippen LogP contribution in [0.15, 0.2) is 24.3 Å². The van der Waals surface area contributed by atoms with Crippen LogP contribution < -0.4 is 0 Å². The molecule has 1 aliphatic rings. The molecule has 26 heavy (non-hydrogen) atoms. The van der Waals surface area contributed by atoms with Gasteiger partial charge in [-0.05, 0) is 57.0 Å². The molecule has 1 aliphatic carbocycles. The number of esters is 1. The predicted octanol–water partition coefficient (Wildman–Crippen LogP) is 4.32. The second kappa shape index (κ2) is 7.74. The van der Waals surface area contributed by atoms with Crippen molar-refractivity contribution >= 4 is 17.6 Å². The van der Waals surface area contributed by atoms with Crippen LogP contribution in [0.25, 0.3) is 5.69 Å². The van der Waals surface area contributed by atoms with E-state index >= 15 is 0 Å². The smallest absolute Gasteiger partial charge is 0.310 e. The monoisotopic (exact) mass is 376 g/mol. The zero-order chi connectivity index (χ0) is 18.7. The zero-order valence-electron chi connectivity index (χ0n) is 15.5. The number of tetrazole rings is 1. The van der Waals surface area contributed by atoms with Crippen LogP contribution in [0.3, 0.4) is 0 Å². The van der Waals surface area contributed by atoms with Gasteiger partial charge in [0.25, 0.3) is 0 Å². The van der Waals surface area contributed by atoms with Crippen molar-refractivity contribution in [1.82, 2.24) is 20.2 Å². The number of halogens is 1. The fourth-order valence-corrected chi connectivity index (χ4v) is 3.54. The molecule has 0 N–H and O–H groups in total. The van der Waals surface area contributed by atoms with Crippen LogP contribution in [0.5, 0.6) is 0 Å². The average molecular weight is 377 g/mol. The predicted molar refractivity (Wildman–Crippen MR) is 99.3 cm³/mol. The third-order valence-corrected chi connectivity index (χ3v) is 4.76. The molecule has 2 aromatic rings. The molecule has 1 aromatic heterocycles. The fraction of sp³-hybridized carbons (Fsp3) is 0.579. The summed E-state index contributed by atoms with van der Waals surface area (Å²) in [7, 11) is 0. The first-order valence-electron chi connectivity index (χ1n) is 9.12. The maximum Gasteiger partial charge on any atom is 0.310 e. The van der Waals surface area contributed by atoms with E-state index in [-0.39, 0.29) is 17.8 Å². The number of carbonyl (C=O) groups is 1. The van der Waals surface area contributed by atoms with Gasteiger partial charge in [0.2, 0.25) is 0 Å². The maximum absolute atomic E-state index is 12.7. The van der Waals surface area contributed by atoms with Crippen LogP contribution in [-0.4, -0.2) is 31.8 Å². The Morgan fingerprint density at radius 3 is 2.73 bits per heavy atom. The maximum atomic E-state index is 12.7. The van der Waals surface area contributed by atoms with Gasteiger partial charge in [-0.3, -0.25) is 4.79 Å². The number of hydrogen-bond donors (Lipinski definition) is 0. The molecule has 0 radical (unpaired) electrons. The SMILES string of the molecule is CC(C)(C)OC(=O)C1CCCCC[C@@H]1c1nnn(-c2cccc(Cl)c2)n1. The molecular formula is C19H25ClN4O2. The highest BCUT2D eigenvalue weighted by molar-refractivity contribution is 6.30. The van der Waals surface area contributed by atoms with Crippen molar-refractivity contribution in [3.63, 3.8) is 0 Å². The summed E-state index contributed by atoms with van der Waals surface area (Å²) < 4.78 is 5.65. The minimum absolute atomic E-state index is 0.0692. The lowest BCUT2D eigenvalue weighted by Crippen LogP contribution is -2.31. The summed E-state index contributed by atoms with van der Waals surface area (Å²) in [4.78, 5) is 14.2. The first kappa shape index (κ1) is 18.8. The quantitative estimate of drug-likeness (QED) is 0.589. The Labute approximate surface area is 158 Å². The van der Waals surface area contributed by atoms with E-state index in [0.717, 1.165) is 37.8 Å². The molecule has 0 bridgehead atoms. The van der Waals surface area contributed by atoms with Crippen LogP contribution in [0, 0.1) is 5.92 Å². The van der Waals surface area contributed by atoms with E-state index in [1.54, 1.807) is 12.1 Å². The molecule has 1 unspecified atom stereocenters. The molecule has 3 rings (SSSR count). The molecule has 6 nitrogen and oxygen atoms in total. The van der Waals surface area contributed by atoms with E-state index in [4.69, 9.17) is 16.3 Å². The number of aromatic nitrogens is 4. The van der Waals surface area contributed by atoms with Crippen LogP contribution in [0.1, 0.15) is 64.6 Å². The van der Waals surface area contributed by atoms with Gasteiger partial charge in [-0.1, -0.05) is 36.9 Å². The highest BCUT2D eigenvalue weighted by Gasteiger charge is 2.36. The minimum Gasteiger partial charge on any atom is -0.460 e. The molecular weight excluding hydrogens is 352 g/mol. The molecule has 0 aliphatic heterocycles. The number of ether oxygens (including phenoxy) is 1. The van der Waals surface area contributed by atoms with Crippen molar-refractivity contribution in [3.05, 3.63) is 35.1 Å². The van der Waals surface area contributed by atoms with Crippen LogP contribution in [-0.2, 0) is 9.53 Å². The van der Waals surface area contributed by atoms with Gasteiger partial charge < -0.3 is 4.74 Å². The number of nitrogens with zero attached hydrogens (tertiary/aromatic N) is 4. The largest absolute Gasteiger partial charge is 0.460 e. The Bertz CT molecular complexity index is 769. The van der Waals surface area contributed by atoms with Crippen molar-refractivity contribution in [2.45, 2.75) is 64.4 Å². The number of rotatable bonds is 3. The van der Waals surface area contributed by atoms with Crippen molar-refractivity contribution in [2.24, 2.45) is 5.92 Å². The molecule has 1 heterocycles. The van der Waals surface area contributed by atoms with Gasteiger partial charge in [-0.15, -0.1) is 15.0 Å². The summed E-state index contributed by atoms with van der Waals surface area (Å²) in [5, 5.41) is 13.6. The lowest BCUT2D eigenvalue weighted by Gasteiger charge is -2.26. The van der Waals surface area contributed by atoms with E-state index in [1.807, 2.05) is 32.9 Å². The van der Waals surface area contributed by atoms with Gasteiger partial charge in [-0.25, -0.2) is 0 Å². The van der Waals surface area contributed by atoms with Crippen molar-refractivity contribution in [2.75, 3.05) is 0 Å². The third kappa shape index (κ3) is 4.61. The summed E-state index contributed by atoms with van der Waals surface area (Å²) in [5.41, 5.74) is 0.249. The van der Waals surface area contributed by atoms with E-state index in [1.165, 1.54) is 4.80 Å². The molecule has 7 heteroatoms. The molecule has 1 aromatic carbocycles. The van der Waals surface area contributed by atoms with E-state index in [9.17, 15) is 4.79 Å². The highest BCUT2D eigenvalue weighted by Crippen LogP contribution is 2.36. The average Bonchev–Trinajstić information content (AvgIpc) is 2.91. The molecule has 0 spiro atoms. The summed E-state index contributed by atoms with van der Waals surface area (Å²) >= 11 is 6.05. The Kier molecular flexibility index (Phi) is 5.61. The Hall–Kier alpha value is -1.95. The van der Waals surface area contributed by atoms with Crippen LogP contribution >= 0.6 is 11.6 Å². The van der Waals surface area contributed by atoms with E-state index < -0.39 is 5.60 Å². The molecule has 2 atom stereocenters. The Balaban J connectivity index is 1.86. The highest BCUT2D eigenvalue weighted by atomic mass is 35.5. The van der Waals surface area contributed by atoms with Crippen molar-refractivity contribution in [1.29, 1.82) is 0 Å². The second-order valence-electron chi connectivity index (χ2n) is 7.80. The first-order valence-corrected chi connectivity index (χ1v) is 9.50. The van der Waals surface area contributed by atoms with Crippen LogP contribution in [0.2, 0.25) is 5.02 Å². The second-order valence-corrected chi connectivity index (χ2v) is 8.24. The molecule has 140 valence electrons. The lowest BCUT2D eigenvalue weighted by molar-refractivity contribution is -0.161. The van der Waals surface area contributed by atoms with Gasteiger partial charge in [0.15, 0.2) is 5.82 Å². The van der Waals surface area contributed by atoms with Gasteiger partial charge in [-0.2, -0.15) is 0 Å².